The van der Waals surface area contributed by atoms with Gasteiger partial charge in [-0.15, -0.1) is 0 Å². The second-order valence-corrected chi connectivity index (χ2v) is 10.4. The number of aryl methyl sites for hydroxylation is 1. The fraction of sp³-hybridized carbons (Fsp3) is 0.219. The molecule has 0 spiro atoms. The standard InChI is InChI=1S/C32H25F2N7O2/c33-28(34)26-11-4-19(17-37-26)32(42)40-25-10-3-18-16-21(7-9-23(18)25)41-30(24-2-1-14-36-29(24)35)39-27-12-6-20(38-31(27)41)5-8-22-13-15-43-22/h1-2,4,6-7,9,11-12,14,16-17,22,25,28H,3,10,13,15H2,(H2,35,36)(H,40,42)/t22-,25+/m1/s1. The minimum Gasteiger partial charge on any atom is -0.383 e. The van der Waals surface area contributed by atoms with Crippen LogP contribution in [0.1, 0.15) is 58.2 Å². The van der Waals surface area contributed by atoms with E-state index in [4.69, 9.17) is 20.4 Å². The fourth-order valence-corrected chi connectivity index (χ4v) is 5.37. The Hall–Kier alpha value is -5.21. The van der Waals surface area contributed by atoms with Crippen molar-refractivity contribution in [3.63, 3.8) is 0 Å². The van der Waals surface area contributed by atoms with Gasteiger partial charge in [-0.25, -0.2) is 23.7 Å². The van der Waals surface area contributed by atoms with Crippen LogP contribution in [0.2, 0.25) is 0 Å². The Morgan fingerprint density at radius 1 is 1.09 bits per heavy atom. The van der Waals surface area contributed by atoms with Gasteiger partial charge in [-0.05, 0) is 78.4 Å². The summed E-state index contributed by atoms with van der Waals surface area (Å²) in [6.45, 7) is 0.725. The average Bonchev–Trinajstić information content (AvgIpc) is 3.57. The van der Waals surface area contributed by atoms with Gasteiger partial charge < -0.3 is 15.8 Å². The smallest absolute Gasteiger partial charge is 0.280 e. The van der Waals surface area contributed by atoms with Crippen molar-refractivity contribution in [2.45, 2.75) is 37.8 Å². The first-order chi connectivity index (χ1) is 20.9. The number of benzene rings is 1. The van der Waals surface area contributed by atoms with E-state index in [0.717, 1.165) is 36.3 Å². The zero-order valence-electron chi connectivity index (χ0n) is 22.8. The number of nitrogens with zero attached hydrogens (tertiary/aromatic N) is 5. The van der Waals surface area contributed by atoms with Gasteiger partial charge in [-0.3, -0.25) is 14.3 Å². The van der Waals surface area contributed by atoms with Crippen molar-refractivity contribution in [1.29, 1.82) is 0 Å². The molecule has 1 amide bonds. The molecule has 214 valence electrons. The molecule has 2 aliphatic rings. The molecule has 2 atom stereocenters. The fourth-order valence-electron chi connectivity index (χ4n) is 5.37. The third-order valence-corrected chi connectivity index (χ3v) is 7.68. The first-order valence-electron chi connectivity index (χ1n) is 13.9. The predicted molar refractivity (Wildman–Crippen MR) is 155 cm³/mol. The van der Waals surface area contributed by atoms with Gasteiger partial charge in [0.1, 0.15) is 28.8 Å². The molecule has 0 radical (unpaired) electrons. The number of nitrogens with two attached hydrogens (primary N) is 1. The quantitative estimate of drug-likeness (QED) is 0.284. The largest absolute Gasteiger partial charge is 0.383 e. The van der Waals surface area contributed by atoms with E-state index < -0.39 is 6.43 Å². The van der Waals surface area contributed by atoms with Crippen LogP contribution in [0.15, 0.2) is 67.0 Å². The van der Waals surface area contributed by atoms with Crippen LogP contribution >= 0.6 is 0 Å². The summed E-state index contributed by atoms with van der Waals surface area (Å²) in [6, 6.07) is 15.7. The lowest BCUT2D eigenvalue weighted by Gasteiger charge is -2.20. The summed E-state index contributed by atoms with van der Waals surface area (Å²) >= 11 is 0. The summed E-state index contributed by atoms with van der Waals surface area (Å²) in [7, 11) is 0. The summed E-state index contributed by atoms with van der Waals surface area (Å²) in [6.07, 6.45) is 2.40. The van der Waals surface area contributed by atoms with Gasteiger partial charge in [0.25, 0.3) is 12.3 Å². The number of imidazole rings is 1. The van der Waals surface area contributed by atoms with Crippen molar-refractivity contribution in [2.24, 2.45) is 0 Å². The van der Waals surface area contributed by atoms with Crippen molar-refractivity contribution in [3.8, 4) is 28.9 Å². The van der Waals surface area contributed by atoms with Gasteiger partial charge in [0.15, 0.2) is 11.5 Å². The van der Waals surface area contributed by atoms with Crippen molar-refractivity contribution >= 4 is 22.9 Å². The second kappa shape index (κ2) is 10.9. The number of rotatable bonds is 5. The number of aromatic nitrogens is 5. The van der Waals surface area contributed by atoms with Crippen molar-refractivity contribution < 1.29 is 18.3 Å². The van der Waals surface area contributed by atoms with Crippen LogP contribution in [0.5, 0.6) is 0 Å². The van der Waals surface area contributed by atoms with Crippen LogP contribution in [0.25, 0.3) is 28.2 Å². The monoisotopic (exact) mass is 577 g/mol. The van der Waals surface area contributed by atoms with Crippen molar-refractivity contribution in [1.82, 2.24) is 29.8 Å². The molecule has 1 aliphatic heterocycles. The first kappa shape index (κ1) is 26.7. The van der Waals surface area contributed by atoms with E-state index in [-0.39, 0.29) is 29.3 Å². The minimum atomic E-state index is -2.69. The number of hydrogen-bond acceptors (Lipinski definition) is 7. The lowest BCUT2D eigenvalue weighted by Crippen LogP contribution is -2.27. The van der Waals surface area contributed by atoms with Crippen LogP contribution in [-0.4, -0.2) is 43.1 Å². The molecule has 5 aromatic rings. The van der Waals surface area contributed by atoms with Gasteiger partial charge >= 0.3 is 0 Å². The maximum Gasteiger partial charge on any atom is 0.280 e. The molecule has 0 saturated carbocycles. The van der Waals surface area contributed by atoms with E-state index in [1.54, 1.807) is 6.20 Å². The molecule has 5 heterocycles. The molecule has 1 saturated heterocycles. The summed E-state index contributed by atoms with van der Waals surface area (Å²) in [5, 5.41) is 3.02. The average molecular weight is 578 g/mol. The molecular formula is C32H25F2N7O2. The number of carbonyl (C=O) groups is 1. The molecule has 9 nitrogen and oxygen atoms in total. The van der Waals surface area contributed by atoms with E-state index in [1.165, 1.54) is 18.3 Å². The van der Waals surface area contributed by atoms with Gasteiger partial charge in [0.05, 0.1) is 23.8 Å². The molecule has 1 aromatic carbocycles. The molecule has 11 heteroatoms. The van der Waals surface area contributed by atoms with Crippen LogP contribution in [0, 0.1) is 11.8 Å². The highest BCUT2D eigenvalue weighted by Gasteiger charge is 2.26. The lowest BCUT2D eigenvalue weighted by atomic mass is 10.1. The number of pyridine rings is 3. The van der Waals surface area contributed by atoms with Gasteiger partial charge in [-0.1, -0.05) is 12.0 Å². The highest BCUT2D eigenvalue weighted by atomic mass is 19.3. The summed E-state index contributed by atoms with van der Waals surface area (Å²) < 4.78 is 33.1. The molecule has 4 aromatic heterocycles. The van der Waals surface area contributed by atoms with Gasteiger partial charge in [0, 0.05) is 24.5 Å². The van der Waals surface area contributed by atoms with Gasteiger partial charge in [-0.2, -0.15) is 0 Å². The Kier molecular flexibility index (Phi) is 6.75. The van der Waals surface area contributed by atoms with Crippen LogP contribution in [0.3, 0.4) is 0 Å². The number of amides is 1. The first-order valence-corrected chi connectivity index (χ1v) is 13.9. The highest BCUT2D eigenvalue weighted by Crippen LogP contribution is 2.36. The molecule has 3 N–H and O–H groups in total. The molecule has 0 bridgehead atoms. The van der Waals surface area contributed by atoms with Crippen LogP contribution < -0.4 is 11.1 Å². The lowest BCUT2D eigenvalue weighted by molar-refractivity contribution is -0.0122. The molecule has 43 heavy (non-hydrogen) atoms. The molecule has 7 rings (SSSR count). The van der Waals surface area contributed by atoms with Gasteiger partial charge in [0.2, 0.25) is 0 Å². The zero-order valence-corrected chi connectivity index (χ0v) is 22.8. The number of halogens is 2. The SMILES string of the molecule is Nc1ncccc1-c1nc2ccc(C#C[C@@H]3CCO3)nc2n1-c1ccc2c(c1)CC[C@@H]2NC(=O)c1ccc(C(F)F)nc1. The predicted octanol–water partition coefficient (Wildman–Crippen LogP) is 4.96. The maximum atomic E-state index is 12.9. The Balaban J connectivity index is 1.24. The molecule has 0 unspecified atom stereocenters. The Morgan fingerprint density at radius 2 is 1.98 bits per heavy atom. The van der Waals surface area contributed by atoms with E-state index in [9.17, 15) is 13.6 Å². The minimum absolute atomic E-state index is 0.0634. The molecular weight excluding hydrogens is 552 g/mol. The number of ether oxygens (including phenoxy) is 1. The summed E-state index contributed by atoms with van der Waals surface area (Å²) in [5.74, 6) is 6.82. The van der Waals surface area contributed by atoms with Crippen LogP contribution in [0.4, 0.5) is 14.6 Å². The number of alkyl halides is 2. The second-order valence-electron chi connectivity index (χ2n) is 10.4. The van der Waals surface area contributed by atoms with E-state index in [2.05, 4.69) is 33.2 Å². The third-order valence-electron chi connectivity index (χ3n) is 7.68. The van der Waals surface area contributed by atoms with E-state index in [1.807, 2.05) is 41.0 Å². The van der Waals surface area contributed by atoms with Crippen LogP contribution in [-0.2, 0) is 11.2 Å². The van der Waals surface area contributed by atoms with Crippen molar-refractivity contribution in [2.75, 3.05) is 12.3 Å². The topological polar surface area (TPSA) is 121 Å². The number of nitrogens with one attached hydrogen (secondary N) is 1. The Morgan fingerprint density at radius 3 is 2.72 bits per heavy atom. The summed E-state index contributed by atoms with van der Waals surface area (Å²) in [4.78, 5) is 30.6. The Bertz CT molecular complexity index is 1920. The Labute approximate surface area is 245 Å². The summed E-state index contributed by atoms with van der Waals surface area (Å²) in [5.41, 5.74) is 11.6. The normalized spacial score (nSPS) is 17.3. The zero-order chi connectivity index (χ0) is 29.5. The van der Waals surface area contributed by atoms with Crippen molar-refractivity contribution in [3.05, 3.63) is 95.1 Å². The highest BCUT2D eigenvalue weighted by molar-refractivity contribution is 5.94. The number of anilines is 1. The number of carbonyl (C=O) groups excluding carboxylic acids is 1. The number of nitrogen functional groups attached to an aromatic ring is 1. The number of fused-ring (bicyclic) bond motifs is 2. The maximum absolute atomic E-state index is 12.9. The third kappa shape index (κ3) is 5.06. The molecule has 1 fully saturated rings. The molecule has 1 aliphatic carbocycles. The van der Waals surface area contributed by atoms with E-state index in [0.29, 0.717) is 40.5 Å². The number of hydrogen-bond donors (Lipinski definition) is 2. The van der Waals surface area contributed by atoms with E-state index >= 15 is 0 Å².